The third kappa shape index (κ3) is 4.69. The molecule has 0 N–H and O–H groups in total. The largest absolute Gasteiger partial charge is 0.303 e. The highest BCUT2D eigenvalue weighted by Gasteiger charge is 2.07. The minimum Gasteiger partial charge on any atom is -0.303 e. The lowest BCUT2D eigenvalue weighted by molar-refractivity contribution is 0.436. The summed E-state index contributed by atoms with van der Waals surface area (Å²) in [5, 5.41) is 6.09. The Balaban J connectivity index is 2.74. The number of benzene rings is 1. The van der Waals surface area contributed by atoms with Gasteiger partial charge in [0.1, 0.15) is 0 Å². The van der Waals surface area contributed by atoms with Crippen LogP contribution >= 0.6 is 0 Å². The molecule has 1 atom stereocenters. The highest BCUT2D eigenvalue weighted by atomic mass is 32.2. The highest BCUT2D eigenvalue weighted by molar-refractivity contribution is 7.85. The van der Waals surface area contributed by atoms with Crippen molar-refractivity contribution in [3.8, 4) is 0 Å². The standard InChI is InChI=1S/C13H20N2OS/c1-5-12(14-15(3)4)10-17(16)13-8-6-11(2)7-9-13/h6-9H,5,10H2,1-4H3/b14-12+/t17-/m1/s1. The normalized spacial score (nSPS) is 13.5. The first-order valence-corrected chi connectivity index (χ1v) is 7.03. The van der Waals surface area contributed by atoms with E-state index >= 15 is 0 Å². The zero-order chi connectivity index (χ0) is 12.8. The van der Waals surface area contributed by atoms with E-state index in [9.17, 15) is 4.21 Å². The van der Waals surface area contributed by atoms with Crippen molar-refractivity contribution in [1.82, 2.24) is 5.01 Å². The average molecular weight is 252 g/mol. The Kier molecular flexibility index (Phi) is 5.35. The molecule has 1 aromatic rings. The van der Waals surface area contributed by atoms with Crippen LogP contribution in [0.2, 0.25) is 0 Å². The van der Waals surface area contributed by atoms with Crippen LogP contribution in [0.3, 0.4) is 0 Å². The van der Waals surface area contributed by atoms with Gasteiger partial charge in [-0.2, -0.15) is 5.10 Å². The van der Waals surface area contributed by atoms with Crippen LogP contribution in [0.25, 0.3) is 0 Å². The molecule has 0 heterocycles. The number of aryl methyl sites for hydroxylation is 1. The Hall–Kier alpha value is -1.16. The summed E-state index contributed by atoms with van der Waals surface area (Å²) in [6.45, 7) is 4.06. The number of hydrogen-bond donors (Lipinski definition) is 0. The van der Waals surface area contributed by atoms with Gasteiger partial charge in [-0.15, -0.1) is 0 Å². The second-order valence-corrected chi connectivity index (χ2v) is 5.62. The van der Waals surface area contributed by atoms with Crippen molar-refractivity contribution in [1.29, 1.82) is 0 Å². The lowest BCUT2D eigenvalue weighted by Crippen LogP contribution is -2.15. The predicted molar refractivity (Wildman–Crippen MR) is 73.9 cm³/mol. The summed E-state index contributed by atoms with van der Waals surface area (Å²) >= 11 is 0. The minimum atomic E-state index is -0.996. The first kappa shape index (κ1) is 13.9. The fraction of sp³-hybridized carbons (Fsp3) is 0.462. The number of nitrogens with zero attached hydrogens (tertiary/aromatic N) is 2. The van der Waals surface area contributed by atoms with E-state index in [1.807, 2.05) is 52.2 Å². The van der Waals surface area contributed by atoms with Crippen molar-refractivity contribution < 1.29 is 4.21 Å². The molecule has 0 bridgehead atoms. The Bertz CT molecular complexity index is 410. The van der Waals surface area contributed by atoms with Gasteiger partial charge >= 0.3 is 0 Å². The summed E-state index contributed by atoms with van der Waals surface area (Å²) < 4.78 is 12.1. The second-order valence-electron chi connectivity index (χ2n) is 4.17. The Morgan fingerprint density at radius 3 is 2.35 bits per heavy atom. The molecule has 17 heavy (non-hydrogen) atoms. The van der Waals surface area contributed by atoms with Crippen LogP contribution in [0.15, 0.2) is 34.3 Å². The molecule has 0 unspecified atom stereocenters. The van der Waals surface area contributed by atoms with Crippen LogP contribution in [0, 0.1) is 6.92 Å². The second kappa shape index (κ2) is 6.55. The molecule has 0 fully saturated rings. The molecule has 0 aliphatic heterocycles. The molecule has 0 aliphatic rings. The summed E-state index contributed by atoms with van der Waals surface area (Å²) in [4.78, 5) is 0.871. The molecule has 0 amide bonds. The van der Waals surface area contributed by atoms with Gasteiger partial charge in [-0.3, -0.25) is 4.21 Å². The van der Waals surface area contributed by atoms with Gasteiger partial charge in [0.05, 0.1) is 22.3 Å². The first-order valence-electron chi connectivity index (χ1n) is 5.71. The fourth-order valence-electron chi connectivity index (χ4n) is 1.41. The van der Waals surface area contributed by atoms with E-state index in [2.05, 4.69) is 5.10 Å². The zero-order valence-corrected chi connectivity index (χ0v) is 11.8. The number of rotatable bonds is 5. The van der Waals surface area contributed by atoms with Crippen LogP contribution < -0.4 is 0 Å². The maximum absolute atomic E-state index is 12.1. The van der Waals surface area contributed by atoms with Crippen LogP contribution in [0.4, 0.5) is 0 Å². The van der Waals surface area contributed by atoms with Gasteiger partial charge in [-0.05, 0) is 25.5 Å². The lowest BCUT2D eigenvalue weighted by atomic mass is 10.2. The maximum atomic E-state index is 12.1. The maximum Gasteiger partial charge on any atom is 0.0683 e. The van der Waals surface area contributed by atoms with Crippen LogP contribution in [0.1, 0.15) is 18.9 Å². The molecule has 0 aliphatic carbocycles. The summed E-state index contributed by atoms with van der Waals surface area (Å²) in [6.07, 6.45) is 0.829. The van der Waals surface area contributed by atoms with Gasteiger partial charge in [0.2, 0.25) is 0 Å². The van der Waals surface area contributed by atoms with E-state index in [0.717, 1.165) is 17.0 Å². The zero-order valence-electron chi connectivity index (χ0n) is 10.9. The van der Waals surface area contributed by atoms with E-state index in [1.165, 1.54) is 5.56 Å². The molecule has 0 spiro atoms. The molecule has 3 nitrogen and oxygen atoms in total. The van der Waals surface area contributed by atoms with Crippen LogP contribution in [0.5, 0.6) is 0 Å². The minimum absolute atomic E-state index is 0.512. The first-order chi connectivity index (χ1) is 8.02. The third-order valence-electron chi connectivity index (χ3n) is 2.33. The van der Waals surface area contributed by atoms with Gasteiger partial charge < -0.3 is 5.01 Å². The molecule has 1 aromatic carbocycles. The van der Waals surface area contributed by atoms with Gasteiger partial charge in [0, 0.05) is 19.0 Å². The quantitative estimate of drug-likeness (QED) is 0.595. The highest BCUT2D eigenvalue weighted by Crippen LogP contribution is 2.09. The van der Waals surface area contributed by atoms with E-state index in [0.29, 0.717) is 5.75 Å². The van der Waals surface area contributed by atoms with Crippen LogP contribution in [-0.2, 0) is 10.8 Å². The Labute approximate surface area is 106 Å². The topological polar surface area (TPSA) is 32.7 Å². The SMILES string of the molecule is CC/C(C[S@@](=O)c1ccc(C)cc1)=N\N(C)C. The van der Waals surface area contributed by atoms with Gasteiger partial charge in [-0.1, -0.05) is 24.6 Å². The van der Waals surface area contributed by atoms with Gasteiger partial charge in [0.15, 0.2) is 0 Å². The van der Waals surface area contributed by atoms with Gasteiger partial charge in [0.25, 0.3) is 0 Å². The number of hydrazone groups is 1. The molecule has 0 saturated carbocycles. The van der Waals surface area contributed by atoms with Crippen molar-refractivity contribution in [3.63, 3.8) is 0 Å². The van der Waals surface area contributed by atoms with Crippen molar-refractivity contribution in [3.05, 3.63) is 29.8 Å². The van der Waals surface area contributed by atoms with E-state index in [4.69, 9.17) is 0 Å². The summed E-state index contributed by atoms with van der Waals surface area (Å²) in [5.74, 6) is 0.512. The van der Waals surface area contributed by atoms with E-state index in [1.54, 1.807) is 5.01 Å². The van der Waals surface area contributed by atoms with E-state index < -0.39 is 10.8 Å². The molecular weight excluding hydrogens is 232 g/mol. The van der Waals surface area contributed by atoms with Crippen molar-refractivity contribution in [2.75, 3.05) is 19.8 Å². The monoisotopic (exact) mass is 252 g/mol. The Morgan fingerprint density at radius 1 is 1.29 bits per heavy atom. The Morgan fingerprint density at radius 2 is 1.88 bits per heavy atom. The van der Waals surface area contributed by atoms with Crippen molar-refractivity contribution in [2.45, 2.75) is 25.2 Å². The lowest BCUT2D eigenvalue weighted by Gasteiger charge is -2.09. The number of hydrogen-bond acceptors (Lipinski definition) is 3. The molecule has 0 saturated heterocycles. The molecule has 0 aromatic heterocycles. The van der Waals surface area contributed by atoms with Crippen LogP contribution in [-0.4, -0.2) is 34.8 Å². The average Bonchev–Trinajstić information content (AvgIpc) is 2.28. The predicted octanol–water partition coefficient (Wildman–Crippen LogP) is 2.43. The molecule has 4 heteroatoms. The smallest absolute Gasteiger partial charge is 0.0683 e. The molecule has 1 rings (SSSR count). The summed E-state index contributed by atoms with van der Waals surface area (Å²) in [6, 6.07) is 7.83. The van der Waals surface area contributed by atoms with E-state index in [-0.39, 0.29) is 0 Å². The summed E-state index contributed by atoms with van der Waals surface area (Å²) in [5.41, 5.74) is 2.15. The van der Waals surface area contributed by atoms with Gasteiger partial charge in [-0.25, -0.2) is 0 Å². The molecular formula is C13H20N2OS. The molecule has 0 radical (unpaired) electrons. The summed E-state index contributed by atoms with van der Waals surface area (Å²) in [7, 11) is 2.76. The molecule has 94 valence electrons. The van der Waals surface area contributed by atoms with Crippen molar-refractivity contribution in [2.24, 2.45) is 5.10 Å². The fourth-order valence-corrected chi connectivity index (χ4v) is 2.58. The third-order valence-corrected chi connectivity index (χ3v) is 3.72. The van der Waals surface area contributed by atoms with Crippen molar-refractivity contribution >= 4 is 16.5 Å².